The Balaban J connectivity index is 2.31. The molecular weight excluding hydrogens is 519 g/mol. The van der Waals surface area contributed by atoms with E-state index in [0.29, 0.717) is 31.2 Å². The number of benzene rings is 2. The highest BCUT2D eigenvalue weighted by molar-refractivity contribution is 5.89. The molecule has 2 rings (SSSR count). The topological polar surface area (TPSA) is 84.5 Å². The van der Waals surface area contributed by atoms with Crippen molar-refractivity contribution in [3.63, 3.8) is 0 Å². The van der Waals surface area contributed by atoms with Gasteiger partial charge in [-0.1, -0.05) is 83.0 Å². The highest BCUT2D eigenvalue weighted by atomic mass is 19.1. The third-order valence-electron chi connectivity index (χ3n) is 7.17. The lowest BCUT2D eigenvalue weighted by Crippen LogP contribution is -2.54. The monoisotopic (exact) mass is 568 g/mol. The molecule has 0 heterocycles. The van der Waals surface area contributed by atoms with Crippen LogP contribution in [0.4, 0.5) is 4.39 Å². The number of unbranched alkanes of at least 4 members (excludes halogenated alkanes) is 1. The largest absolute Gasteiger partial charge is 0.460 e. The van der Waals surface area contributed by atoms with E-state index in [9.17, 15) is 18.8 Å². The zero-order valence-corrected chi connectivity index (χ0v) is 26.1. The summed E-state index contributed by atoms with van der Waals surface area (Å²) in [6.45, 7) is 13.3. The molecule has 2 aromatic carbocycles. The number of carbonyl (C=O) groups is 3. The second-order valence-corrected chi connectivity index (χ2v) is 12.9. The van der Waals surface area contributed by atoms with Crippen molar-refractivity contribution in [2.45, 2.75) is 98.6 Å². The van der Waals surface area contributed by atoms with Gasteiger partial charge in [-0.25, -0.2) is 4.39 Å². The second kappa shape index (κ2) is 15.1. The zero-order valence-electron chi connectivity index (χ0n) is 26.1. The summed E-state index contributed by atoms with van der Waals surface area (Å²) in [7, 11) is 1.55. The Morgan fingerprint density at radius 3 is 2.05 bits per heavy atom. The standard InChI is InChI=1S/C34H49FN2O4/c1-9-10-13-26(32(40)41-34(5,6)7)22-25(30(38)37-29(31(39)36-8)33(2,3)4)21-18-23-16-19-24(20-17-23)27-14-11-12-15-28(27)35/h11-12,14-17,19-20,25-26,29H,9-10,13,18,21-22H2,1-8H3,(H,36,39)(H,37,38)/t25-,26+,29-/m1/s1. The molecule has 0 aromatic heterocycles. The summed E-state index contributed by atoms with van der Waals surface area (Å²) in [4.78, 5) is 39.6. The van der Waals surface area contributed by atoms with Crippen LogP contribution in [-0.2, 0) is 25.5 Å². The Hall–Kier alpha value is -3.22. The first-order valence-electron chi connectivity index (χ1n) is 14.7. The number of carbonyl (C=O) groups excluding carboxylic acids is 3. The van der Waals surface area contributed by atoms with Gasteiger partial charge in [-0.3, -0.25) is 14.4 Å². The van der Waals surface area contributed by atoms with Gasteiger partial charge in [-0.2, -0.15) is 0 Å². The van der Waals surface area contributed by atoms with Gasteiger partial charge in [0, 0.05) is 18.5 Å². The van der Waals surface area contributed by atoms with Gasteiger partial charge in [0.15, 0.2) is 0 Å². The Morgan fingerprint density at radius 2 is 1.51 bits per heavy atom. The van der Waals surface area contributed by atoms with Crippen LogP contribution in [0.2, 0.25) is 0 Å². The molecular formula is C34H49FN2O4. The summed E-state index contributed by atoms with van der Waals surface area (Å²) >= 11 is 0. The lowest BCUT2D eigenvalue weighted by Gasteiger charge is -2.32. The van der Waals surface area contributed by atoms with Crippen molar-refractivity contribution in [2.75, 3.05) is 7.05 Å². The van der Waals surface area contributed by atoms with E-state index < -0.39 is 28.9 Å². The first-order valence-corrected chi connectivity index (χ1v) is 14.7. The second-order valence-electron chi connectivity index (χ2n) is 12.9. The summed E-state index contributed by atoms with van der Waals surface area (Å²) in [5.41, 5.74) is 1.19. The SMILES string of the molecule is CCCC[C@@H](C[C@@H](CCc1ccc(-c2ccccc2F)cc1)C(=O)N[C@H](C(=O)NC)C(C)(C)C)C(=O)OC(C)(C)C. The van der Waals surface area contributed by atoms with E-state index in [1.807, 2.05) is 65.8 Å². The number of amides is 2. The Kier molecular flexibility index (Phi) is 12.5. The molecule has 0 unspecified atom stereocenters. The summed E-state index contributed by atoms with van der Waals surface area (Å²) in [5, 5.41) is 5.64. The van der Waals surface area contributed by atoms with Gasteiger partial charge in [0.05, 0.1) is 5.92 Å². The number of esters is 1. The first kappa shape index (κ1) is 34.0. The average Bonchev–Trinajstić information content (AvgIpc) is 2.89. The van der Waals surface area contributed by atoms with Gasteiger partial charge < -0.3 is 15.4 Å². The van der Waals surface area contributed by atoms with E-state index in [0.717, 1.165) is 24.0 Å². The minimum Gasteiger partial charge on any atom is -0.460 e. The maximum absolute atomic E-state index is 14.3. The van der Waals surface area contributed by atoms with Gasteiger partial charge in [0.25, 0.3) is 0 Å². The molecule has 0 aliphatic rings. The van der Waals surface area contributed by atoms with Crippen molar-refractivity contribution in [3.8, 4) is 11.1 Å². The molecule has 0 bridgehead atoms. The Morgan fingerprint density at radius 1 is 0.878 bits per heavy atom. The lowest BCUT2D eigenvalue weighted by atomic mass is 9.83. The number of rotatable bonds is 13. The molecule has 0 aliphatic carbocycles. The lowest BCUT2D eigenvalue weighted by molar-refractivity contribution is -0.161. The van der Waals surface area contributed by atoms with Crippen LogP contribution < -0.4 is 10.6 Å². The Bertz CT molecular complexity index is 1150. The fraction of sp³-hybridized carbons (Fsp3) is 0.559. The summed E-state index contributed by atoms with van der Waals surface area (Å²) < 4.78 is 20.0. The van der Waals surface area contributed by atoms with Gasteiger partial charge >= 0.3 is 5.97 Å². The molecule has 0 radical (unpaired) electrons. The van der Waals surface area contributed by atoms with Crippen LogP contribution in [0.15, 0.2) is 48.5 Å². The molecule has 226 valence electrons. The van der Waals surface area contributed by atoms with E-state index in [4.69, 9.17) is 4.74 Å². The van der Waals surface area contributed by atoms with E-state index in [2.05, 4.69) is 17.6 Å². The number of ether oxygens (including phenoxy) is 1. The third-order valence-corrected chi connectivity index (χ3v) is 7.17. The third kappa shape index (κ3) is 10.9. The number of halogens is 1. The van der Waals surface area contributed by atoms with Crippen molar-refractivity contribution in [1.29, 1.82) is 0 Å². The normalized spacial score (nSPS) is 14.1. The highest BCUT2D eigenvalue weighted by Gasteiger charge is 2.36. The molecule has 2 aromatic rings. The molecule has 0 aliphatic heterocycles. The zero-order chi connectivity index (χ0) is 30.8. The van der Waals surface area contributed by atoms with Crippen molar-refractivity contribution < 1.29 is 23.5 Å². The predicted molar refractivity (Wildman–Crippen MR) is 163 cm³/mol. The number of hydrogen-bond acceptors (Lipinski definition) is 4. The van der Waals surface area contributed by atoms with E-state index >= 15 is 0 Å². The molecule has 0 saturated heterocycles. The number of likely N-dealkylation sites (N-methyl/N-ethyl adjacent to an activating group) is 1. The summed E-state index contributed by atoms with van der Waals surface area (Å²) in [5.74, 6) is -2.02. The first-order chi connectivity index (χ1) is 19.2. The van der Waals surface area contributed by atoms with Gasteiger partial charge in [-0.15, -0.1) is 0 Å². The van der Waals surface area contributed by atoms with Crippen LogP contribution >= 0.6 is 0 Å². The van der Waals surface area contributed by atoms with Gasteiger partial charge in [0.2, 0.25) is 11.8 Å². The molecule has 41 heavy (non-hydrogen) atoms. The number of nitrogens with one attached hydrogen (secondary N) is 2. The number of aryl methyl sites for hydroxylation is 1. The van der Waals surface area contributed by atoms with Crippen molar-refractivity contribution in [1.82, 2.24) is 10.6 Å². The fourth-order valence-electron chi connectivity index (χ4n) is 4.83. The van der Waals surface area contributed by atoms with Crippen molar-refractivity contribution >= 4 is 17.8 Å². The molecule has 2 amide bonds. The molecule has 0 saturated carbocycles. The van der Waals surface area contributed by atoms with Crippen LogP contribution in [0, 0.1) is 23.1 Å². The number of hydrogen-bond donors (Lipinski definition) is 2. The molecule has 0 fully saturated rings. The Labute approximate surface area is 245 Å². The maximum atomic E-state index is 14.3. The molecule has 0 spiro atoms. The van der Waals surface area contributed by atoms with Crippen molar-refractivity contribution in [2.24, 2.45) is 17.3 Å². The minimum atomic E-state index is -0.724. The van der Waals surface area contributed by atoms with Crippen LogP contribution in [-0.4, -0.2) is 36.5 Å². The highest BCUT2D eigenvalue weighted by Crippen LogP contribution is 2.28. The van der Waals surface area contributed by atoms with Crippen LogP contribution in [0.3, 0.4) is 0 Å². The summed E-state index contributed by atoms with van der Waals surface area (Å²) in [6, 6.07) is 13.6. The maximum Gasteiger partial charge on any atom is 0.309 e. The quantitative estimate of drug-likeness (QED) is 0.259. The predicted octanol–water partition coefficient (Wildman–Crippen LogP) is 6.86. The van der Waals surface area contributed by atoms with Gasteiger partial charge in [-0.05, 0) is 69.1 Å². The van der Waals surface area contributed by atoms with E-state index in [-0.39, 0.29) is 23.6 Å². The molecule has 6 nitrogen and oxygen atoms in total. The van der Waals surface area contributed by atoms with Crippen molar-refractivity contribution in [3.05, 3.63) is 59.9 Å². The smallest absolute Gasteiger partial charge is 0.309 e. The van der Waals surface area contributed by atoms with Crippen LogP contribution in [0.5, 0.6) is 0 Å². The summed E-state index contributed by atoms with van der Waals surface area (Å²) in [6.07, 6.45) is 3.81. The average molecular weight is 569 g/mol. The van der Waals surface area contributed by atoms with E-state index in [1.165, 1.54) is 6.07 Å². The molecule has 3 atom stereocenters. The van der Waals surface area contributed by atoms with Gasteiger partial charge in [0.1, 0.15) is 17.5 Å². The molecule has 7 heteroatoms. The van der Waals surface area contributed by atoms with E-state index in [1.54, 1.807) is 25.2 Å². The fourth-order valence-corrected chi connectivity index (χ4v) is 4.83. The molecule has 2 N–H and O–H groups in total. The van der Waals surface area contributed by atoms with Crippen LogP contribution in [0.25, 0.3) is 11.1 Å². The van der Waals surface area contributed by atoms with Crippen LogP contribution in [0.1, 0.15) is 86.1 Å². The minimum absolute atomic E-state index is 0.249.